The molecule has 0 aromatic rings. The van der Waals surface area contributed by atoms with Crippen LogP contribution >= 0.6 is 0 Å². The minimum absolute atomic E-state index is 0.582. The lowest BCUT2D eigenvalue weighted by Gasteiger charge is -2.35. The molecule has 0 aromatic heterocycles. The van der Waals surface area contributed by atoms with Gasteiger partial charge in [-0.25, -0.2) is 0 Å². The zero-order chi connectivity index (χ0) is 6.85. The summed E-state index contributed by atoms with van der Waals surface area (Å²) in [5, 5.41) is 3.38. The fourth-order valence-electron chi connectivity index (χ4n) is 1.13. The average molecular weight is 127 g/mol. The van der Waals surface area contributed by atoms with Gasteiger partial charge >= 0.3 is 0 Å². The van der Waals surface area contributed by atoms with Gasteiger partial charge in [-0.3, -0.25) is 4.90 Å². The molecule has 2 unspecified atom stereocenters. The molecule has 1 aliphatic heterocycles. The van der Waals surface area contributed by atoms with E-state index >= 15 is 0 Å². The largest absolute Gasteiger partial charge is 0.311 e. The fraction of sp³-hybridized carbons (Fsp3) is 0.857. The van der Waals surface area contributed by atoms with Gasteiger partial charge in [0, 0.05) is 32.2 Å². The van der Waals surface area contributed by atoms with E-state index in [1.807, 2.05) is 0 Å². The zero-order valence-corrected chi connectivity index (χ0v) is 6.22. The van der Waals surface area contributed by atoms with Crippen LogP contribution in [-0.2, 0) is 0 Å². The van der Waals surface area contributed by atoms with Crippen molar-refractivity contribution in [1.29, 1.82) is 0 Å². The lowest BCUT2D eigenvalue weighted by Crippen LogP contribution is -2.52. The minimum Gasteiger partial charge on any atom is -0.311 e. The molecule has 1 aliphatic rings. The molecule has 0 saturated carbocycles. The molecular weight excluding hydrogens is 112 g/mol. The van der Waals surface area contributed by atoms with E-state index in [0.29, 0.717) is 12.1 Å². The smallest absolute Gasteiger partial charge is 0.0219 e. The fourth-order valence-corrected chi connectivity index (χ4v) is 1.13. The highest BCUT2D eigenvalue weighted by atomic mass is 15.2. The van der Waals surface area contributed by atoms with E-state index in [1.165, 1.54) is 0 Å². The second-order valence-electron chi connectivity index (χ2n) is 2.80. The van der Waals surface area contributed by atoms with Gasteiger partial charge < -0.3 is 5.32 Å². The zero-order valence-electron chi connectivity index (χ0n) is 6.22. The molecule has 0 amide bonds. The summed E-state index contributed by atoms with van der Waals surface area (Å²) < 4.78 is 0. The number of nitrogens with zero attached hydrogens (tertiary/aromatic N) is 1. The normalized spacial score (nSPS) is 39.0. The first-order chi connectivity index (χ1) is 4.22. The van der Waals surface area contributed by atoms with Crippen LogP contribution in [0.15, 0.2) is 0 Å². The van der Waals surface area contributed by atoms with Crippen molar-refractivity contribution < 1.29 is 0 Å². The summed E-state index contributed by atoms with van der Waals surface area (Å²) in [4.78, 5) is 2.14. The molecule has 2 heteroatoms. The van der Waals surface area contributed by atoms with Crippen molar-refractivity contribution in [2.75, 3.05) is 13.1 Å². The molecule has 1 fully saturated rings. The summed E-state index contributed by atoms with van der Waals surface area (Å²) in [7, 11) is 3.92. The molecule has 1 heterocycles. The highest BCUT2D eigenvalue weighted by molar-refractivity contribution is 4.82. The first-order valence-electron chi connectivity index (χ1n) is 3.52. The van der Waals surface area contributed by atoms with Crippen LogP contribution in [0.5, 0.6) is 0 Å². The Bertz CT molecular complexity index is 82.9. The molecule has 9 heavy (non-hydrogen) atoms. The Morgan fingerprint density at radius 1 is 1.56 bits per heavy atom. The topological polar surface area (TPSA) is 15.3 Å². The molecule has 1 rings (SSSR count). The number of hydrogen-bond acceptors (Lipinski definition) is 2. The molecule has 1 saturated heterocycles. The van der Waals surface area contributed by atoms with Crippen molar-refractivity contribution in [1.82, 2.24) is 10.2 Å². The lowest BCUT2D eigenvalue weighted by atomic mass is 10.1. The van der Waals surface area contributed by atoms with E-state index in [4.69, 9.17) is 0 Å². The Labute approximate surface area is 57.2 Å². The molecule has 0 spiro atoms. The molecule has 2 nitrogen and oxygen atoms in total. The Hall–Kier alpha value is -0.0800. The molecule has 2 atom stereocenters. The van der Waals surface area contributed by atoms with E-state index in [9.17, 15) is 0 Å². The van der Waals surface area contributed by atoms with Gasteiger partial charge in [-0.2, -0.15) is 0 Å². The summed E-state index contributed by atoms with van der Waals surface area (Å²) in [5.74, 6) is 0. The summed E-state index contributed by atoms with van der Waals surface area (Å²) in [6.45, 7) is 6.55. The third kappa shape index (κ3) is 1.43. The second kappa shape index (κ2) is 2.67. The van der Waals surface area contributed by atoms with Gasteiger partial charge in [-0.1, -0.05) is 0 Å². The van der Waals surface area contributed by atoms with Crippen LogP contribution in [-0.4, -0.2) is 30.1 Å². The van der Waals surface area contributed by atoms with E-state index in [1.54, 1.807) is 0 Å². The van der Waals surface area contributed by atoms with E-state index in [2.05, 4.69) is 31.1 Å². The quantitative estimate of drug-likeness (QED) is 0.508. The maximum absolute atomic E-state index is 3.92. The van der Waals surface area contributed by atoms with Crippen LogP contribution in [0, 0.1) is 7.05 Å². The van der Waals surface area contributed by atoms with Crippen LogP contribution in [0.2, 0.25) is 0 Å². The van der Waals surface area contributed by atoms with Gasteiger partial charge in [0.15, 0.2) is 0 Å². The monoisotopic (exact) mass is 127 g/mol. The van der Waals surface area contributed by atoms with Crippen molar-refractivity contribution in [3.8, 4) is 0 Å². The molecule has 53 valence electrons. The molecule has 0 aliphatic carbocycles. The highest BCUT2D eigenvalue weighted by Gasteiger charge is 2.20. The van der Waals surface area contributed by atoms with Crippen molar-refractivity contribution in [2.45, 2.75) is 25.9 Å². The van der Waals surface area contributed by atoms with E-state index in [-0.39, 0.29) is 0 Å². The Morgan fingerprint density at radius 2 is 2.22 bits per heavy atom. The average Bonchev–Trinajstić information content (AvgIpc) is 1.83. The van der Waals surface area contributed by atoms with E-state index < -0.39 is 0 Å². The Morgan fingerprint density at radius 3 is 2.67 bits per heavy atom. The Balaban J connectivity index is 2.41. The third-order valence-corrected chi connectivity index (χ3v) is 2.16. The second-order valence-corrected chi connectivity index (χ2v) is 2.80. The predicted octanol–water partition coefficient (Wildman–Crippen LogP) is 0.460. The minimum atomic E-state index is 0.582. The number of hydrogen-bond donors (Lipinski definition) is 1. The van der Waals surface area contributed by atoms with Crippen molar-refractivity contribution in [2.24, 2.45) is 0 Å². The highest BCUT2D eigenvalue weighted by Crippen LogP contribution is 2.05. The maximum atomic E-state index is 3.92. The SMILES string of the molecule is [CH2]N1CCNC(C)C1C. The summed E-state index contributed by atoms with van der Waals surface area (Å²) in [5.41, 5.74) is 0. The van der Waals surface area contributed by atoms with E-state index in [0.717, 1.165) is 13.1 Å². The molecule has 1 radical (unpaired) electrons. The Kier molecular flexibility index (Phi) is 2.09. The first-order valence-corrected chi connectivity index (χ1v) is 3.52. The third-order valence-electron chi connectivity index (χ3n) is 2.16. The van der Waals surface area contributed by atoms with Crippen molar-refractivity contribution in [3.05, 3.63) is 7.05 Å². The van der Waals surface area contributed by atoms with Gasteiger partial charge in [0.2, 0.25) is 0 Å². The van der Waals surface area contributed by atoms with Gasteiger partial charge in [0.25, 0.3) is 0 Å². The van der Waals surface area contributed by atoms with Gasteiger partial charge in [0.05, 0.1) is 0 Å². The predicted molar refractivity (Wildman–Crippen MR) is 39.0 cm³/mol. The van der Waals surface area contributed by atoms with Crippen LogP contribution in [0.3, 0.4) is 0 Å². The van der Waals surface area contributed by atoms with Crippen LogP contribution in [0.4, 0.5) is 0 Å². The van der Waals surface area contributed by atoms with Gasteiger partial charge in [-0.05, 0) is 13.8 Å². The lowest BCUT2D eigenvalue weighted by molar-refractivity contribution is 0.194. The van der Waals surface area contributed by atoms with Crippen LogP contribution < -0.4 is 5.32 Å². The maximum Gasteiger partial charge on any atom is 0.0219 e. The summed E-state index contributed by atoms with van der Waals surface area (Å²) in [6.07, 6.45) is 0. The molecule has 0 bridgehead atoms. The number of rotatable bonds is 0. The van der Waals surface area contributed by atoms with Gasteiger partial charge in [-0.15, -0.1) is 0 Å². The summed E-state index contributed by atoms with van der Waals surface area (Å²) in [6, 6.07) is 1.18. The van der Waals surface area contributed by atoms with Gasteiger partial charge in [0.1, 0.15) is 0 Å². The standard InChI is InChI=1S/C7H15N2/c1-6-7(2)9(3)5-4-8-6/h6-8H,3-5H2,1-2H3. The molecular formula is C7H15N2. The number of nitrogens with one attached hydrogen (secondary N) is 1. The summed E-state index contributed by atoms with van der Waals surface area (Å²) >= 11 is 0. The van der Waals surface area contributed by atoms with Crippen LogP contribution in [0.1, 0.15) is 13.8 Å². The van der Waals surface area contributed by atoms with Crippen molar-refractivity contribution in [3.63, 3.8) is 0 Å². The van der Waals surface area contributed by atoms with Crippen LogP contribution in [0.25, 0.3) is 0 Å². The molecule has 1 N–H and O–H groups in total. The molecule has 0 aromatic carbocycles. The van der Waals surface area contributed by atoms with Crippen molar-refractivity contribution >= 4 is 0 Å². The first kappa shape index (κ1) is 7.03. The number of piperazine rings is 1.